The first-order valence-corrected chi connectivity index (χ1v) is 5.39. The molecule has 0 aromatic heterocycles. The van der Waals surface area contributed by atoms with E-state index in [1.165, 1.54) is 0 Å². The zero-order valence-corrected chi connectivity index (χ0v) is 9.87. The molecule has 3 nitrogen and oxygen atoms in total. The minimum Gasteiger partial charge on any atom is -0.382 e. The van der Waals surface area contributed by atoms with Crippen molar-refractivity contribution in [3.05, 3.63) is 0 Å². The molecule has 1 saturated heterocycles. The van der Waals surface area contributed by atoms with E-state index < -0.39 is 0 Å². The van der Waals surface area contributed by atoms with Crippen molar-refractivity contribution in [3.63, 3.8) is 0 Å². The summed E-state index contributed by atoms with van der Waals surface area (Å²) in [5.74, 6) is 0.442. The van der Waals surface area contributed by atoms with Crippen molar-refractivity contribution in [3.8, 4) is 0 Å². The van der Waals surface area contributed by atoms with Crippen molar-refractivity contribution in [1.82, 2.24) is 0 Å². The number of hydrogen-bond acceptors (Lipinski definition) is 3. The Hall–Kier alpha value is -0.0551. The second kappa shape index (κ2) is 4.64. The first-order chi connectivity index (χ1) is 6.56. The van der Waals surface area contributed by atoms with Crippen LogP contribution in [0.25, 0.3) is 0 Å². The van der Waals surface area contributed by atoms with Crippen LogP contribution in [-0.4, -0.2) is 39.5 Å². The molecule has 3 unspecified atom stereocenters. The van der Waals surface area contributed by atoms with Crippen LogP contribution in [0.3, 0.4) is 0 Å². The van der Waals surface area contributed by atoms with E-state index in [0.29, 0.717) is 12.5 Å². The van der Waals surface area contributed by atoms with Crippen molar-refractivity contribution in [1.29, 1.82) is 0 Å². The van der Waals surface area contributed by atoms with E-state index in [0.717, 1.165) is 6.42 Å². The van der Waals surface area contributed by atoms with Crippen molar-refractivity contribution in [2.75, 3.05) is 13.7 Å². The quantitative estimate of drug-likeness (QED) is 0.627. The molecular weight excluding hydrogens is 179 g/mol. The lowest BCUT2D eigenvalue weighted by molar-refractivity contribution is -0.0679. The van der Waals surface area contributed by atoms with Gasteiger partial charge in [0.25, 0.3) is 0 Å². The molecule has 0 aliphatic carbocycles. The molecular formula is C10H21BO3. The second-order valence-corrected chi connectivity index (χ2v) is 4.23. The van der Waals surface area contributed by atoms with Gasteiger partial charge in [-0.3, -0.25) is 0 Å². The topological polar surface area (TPSA) is 27.7 Å². The van der Waals surface area contributed by atoms with Crippen molar-refractivity contribution < 1.29 is 14.2 Å². The Kier molecular flexibility index (Phi) is 3.99. The number of hydrogen-bond donors (Lipinski definition) is 0. The van der Waals surface area contributed by atoms with Crippen molar-refractivity contribution >= 4 is 7.85 Å². The third kappa shape index (κ3) is 1.97. The molecule has 4 heteroatoms. The molecule has 0 amide bonds. The van der Waals surface area contributed by atoms with E-state index in [4.69, 9.17) is 14.2 Å². The third-order valence-electron chi connectivity index (χ3n) is 3.13. The molecule has 1 aliphatic rings. The Balaban J connectivity index is 2.80. The van der Waals surface area contributed by atoms with Gasteiger partial charge >= 0.3 is 0 Å². The summed E-state index contributed by atoms with van der Waals surface area (Å²) < 4.78 is 16.8. The van der Waals surface area contributed by atoms with Crippen LogP contribution in [0.15, 0.2) is 0 Å². The van der Waals surface area contributed by atoms with Gasteiger partial charge < -0.3 is 14.2 Å². The normalized spacial score (nSPS) is 38.1. The van der Waals surface area contributed by atoms with E-state index in [9.17, 15) is 0 Å². The van der Waals surface area contributed by atoms with Crippen LogP contribution in [-0.2, 0) is 14.2 Å². The van der Waals surface area contributed by atoms with Gasteiger partial charge in [0.1, 0.15) is 17.9 Å². The Morgan fingerprint density at radius 2 is 2.14 bits per heavy atom. The van der Waals surface area contributed by atoms with Gasteiger partial charge in [0, 0.05) is 7.11 Å². The maximum absolute atomic E-state index is 5.92. The van der Waals surface area contributed by atoms with Crippen molar-refractivity contribution in [2.45, 2.75) is 45.1 Å². The molecule has 14 heavy (non-hydrogen) atoms. The van der Waals surface area contributed by atoms with Gasteiger partial charge in [-0.1, -0.05) is 20.8 Å². The molecule has 0 saturated carbocycles. The lowest BCUT2D eigenvalue weighted by Gasteiger charge is -2.35. The molecule has 1 rings (SSSR count). The van der Waals surface area contributed by atoms with Crippen molar-refractivity contribution in [2.24, 2.45) is 5.92 Å². The fourth-order valence-corrected chi connectivity index (χ4v) is 2.32. The van der Waals surface area contributed by atoms with Gasteiger partial charge in [-0.25, -0.2) is 0 Å². The van der Waals surface area contributed by atoms with Crippen LogP contribution < -0.4 is 0 Å². The lowest BCUT2D eigenvalue weighted by atomic mass is 9.83. The summed E-state index contributed by atoms with van der Waals surface area (Å²) >= 11 is 0. The number of ether oxygens (including phenoxy) is 3. The first-order valence-electron chi connectivity index (χ1n) is 5.39. The van der Waals surface area contributed by atoms with E-state index in [-0.39, 0.29) is 17.9 Å². The monoisotopic (exact) mass is 200 g/mol. The van der Waals surface area contributed by atoms with E-state index in [1.807, 2.05) is 7.85 Å². The lowest BCUT2D eigenvalue weighted by Crippen LogP contribution is -2.46. The molecule has 1 aliphatic heterocycles. The largest absolute Gasteiger partial charge is 0.382 e. The van der Waals surface area contributed by atoms with Gasteiger partial charge in [0.2, 0.25) is 0 Å². The molecule has 0 aromatic carbocycles. The molecule has 0 spiro atoms. The van der Waals surface area contributed by atoms with Crippen LogP contribution in [0.1, 0.15) is 27.2 Å². The predicted molar refractivity (Wildman–Crippen MR) is 58.0 cm³/mol. The van der Waals surface area contributed by atoms with E-state index in [2.05, 4.69) is 20.8 Å². The SMILES string of the molecule is BC1OC(COC)C(CC)(C(C)C)O1. The highest BCUT2D eigenvalue weighted by Crippen LogP contribution is 2.38. The summed E-state index contributed by atoms with van der Waals surface area (Å²) in [6.45, 7) is 7.10. The first kappa shape index (κ1) is 12.0. The highest BCUT2D eigenvalue weighted by molar-refractivity contribution is 6.10. The summed E-state index contributed by atoms with van der Waals surface area (Å²) in [4.78, 5) is 0. The maximum Gasteiger partial charge on any atom is 0.174 e. The Labute approximate surface area is 87.5 Å². The number of methoxy groups -OCH3 is 1. The van der Waals surface area contributed by atoms with E-state index in [1.54, 1.807) is 7.11 Å². The average Bonchev–Trinajstić information content (AvgIpc) is 2.44. The zero-order valence-electron chi connectivity index (χ0n) is 9.87. The van der Waals surface area contributed by atoms with Gasteiger partial charge in [-0.05, 0) is 12.3 Å². The van der Waals surface area contributed by atoms with E-state index >= 15 is 0 Å². The Morgan fingerprint density at radius 3 is 2.57 bits per heavy atom. The third-order valence-corrected chi connectivity index (χ3v) is 3.13. The molecule has 1 heterocycles. The molecule has 0 radical (unpaired) electrons. The standard InChI is InChI=1S/C10H21BO3/c1-5-10(7(2)3)8(6-12-4)13-9(11)14-10/h7-9H,5-6,11H2,1-4H3. The van der Waals surface area contributed by atoms with Crippen LogP contribution >= 0.6 is 0 Å². The fraction of sp³-hybridized carbons (Fsp3) is 1.00. The smallest absolute Gasteiger partial charge is 0.174 e. The minimum absolute atomic E-state index is 0.0625. The molecule has 0 aromatic rings. The number of rotatable bonds is 4. The van der Waals surface area contributed by atoms with Gasteiger partial charge in [-0.2, -0.15) is 0 Å². The highest BCUT2D eigenvalue weighted by atomic mass is 16.7. The van der Waals surface area contributed by atoms with Gasteiger partial charge in [0.15, 0.2) is 7.85 Å². The van der Waals surface area contributed by atoms with Gasteiger partial charge in [-0.15, -0.1) is 0 Å². The summed E-state index contributed by atoms with van der Waals surface area (Å²) in [6, 6.07) is 0. The van der Waals surface area contributed by atoms with Crippen LogP contribution in [0.4, 0.5) is 0 Å². The fourth-order valence-electron chi connectivity index (χ4n) is 2.32. The predicted octanol–water partition coefficient (Wildman–Crippen LogP) is 0.770. The molecule has 0 N–H and O–H groups in total. The summed E-state index contributed by atoms with van der Waals surface area (Å²) in [5.41, 5.74) is -0.171. The molecule has 3 atom stereocenters. The molecule has 1 fully saturated rings. The Morgan fingerprint density at radius 1 is 1.50 bits per heavy atom. The Bertz CT molecular complexity index is 186. The zero-order chi connectivity index (χ0) is 10.8. The van der Waals surface area contributed by atoms with Gasteiger partial charge in [0.05, 0.1) is 6.61 Å². The minimum atomic E-state index is -0.171. The van der Waals surface area contributed by atoms with Crippen LogP contribution in [0.2, 0.25) is 0 Å². The van der Waals surface area contributed by atoms with Crippen LogP contribution in [0.5, 0.6) is 0 Å². The summed E-state index contributed by atoms with van der Waals surface area (Å²) in [6.07, 6.45) is 0.910. The second-order valence-electron chi connectivity index (χ2n) is 4.23. The average molecular weight is 200 g/mol. The highest BCUT2D eigenvalue weighted by Gasteiger charge is 2.49. The molecule has 0 bridgehead atoms. The summed E-state index contributed by atoms with van der Waals surface area (Å²) in [5, 5.41) is 0. The maximum atomic E-state index is 5.92. The summed E-state index contributed by atoms with van der Waals surface area (Å²) in [7, 11) is 3.65. The molecule has 82 valence electrons. The van der Waals surface area contributed by atoms with Crippen LogP contribution in [0, 0.1) is 5.92 Å².